The van der Waals surface area contributed by atoms with Gasteiger partial charge in [-0.05, 0) is 43.2 Å². The number of halogens is 1. The fourth-order valence-corrected chi connectivity index (χ4v) is 2.18. The summed E-state index contributed by atoms with van der Waals surface area (Å²) in [6.07, 6.45) is 0.937. The molecule has 126 valence electrons. The Morgan fingerprint density at radius 3 is 2.42 bits per heavy atom. The summed E-state index contributed by atoms with van der Waals surface area (Å²) in [4.78, 5) is 24.5. The molecule has 0 aliphatic carbocycles. The van der Waals surface area contributed by atoms with E-state index in [2.05, 4.69) is 10.6 Å². The summed E-state index contributed by atoms with van der Waals surface area (Å²) in [7, 11) is 0. The third kappa shape index (κ3) is 4.91. The van der Waals surface area contributed by atoms with Crippen LogP contribution in [0, 0.1) is 5.82 Å². The van der Waals surface area contributed by atoms with Crippen molar-refractivity contribution in [1.29, 1.82) is 0 Å². The highest BCUT2D eigenvalue weighted by atomic mass is 19.1. The van der Waals surface area contributed by atoms with Crippen molar-refractivity contribution in [2.75, 3.05) is 5.32 Å². The van der Waals surface area contributed by atoms with Gasteiger partial charge in [0.1, 0.15) is 5.82 Å². The first-order valence-corrected chi connectivity index (χ1v) is 7.93. The van der Waals surface area contributed by atoms with Gasteiger partial charge in [-0.25, -0.2) is 4.39 Å². The summed E-state index contributed by atoms with van der Waals surface area (Å²) >= 11 is 0. The topological polar surface area (TPSA) is 58.2 Å². The van der Waals surface area contributed by atoms with Crippen molar-refractivity contribution in [3.8, 4) is 0 Å². The molecule has 0 heterocycles. The average Bonchev–Trinajstić information content (AvgIpc) is 2.57. The van der Waals surface area contributed by atoms with Crippen molar-refractivity contribution >= 4 is 17.5 Å². The molecule has 0 spiro atoms. The lowest BCUT2D eigenvalue weighted by Crippen LogP contribution is -2.32. The van der Waals surface area contributed by atoms with E-state index in [1.807, 2.05) is 13.8 Å². The molecule has 0 fully saturated rings. The van der Waals surface area contributed by atoms with Crippen LogP contribution in [0.3, 0.4) is 0 Å². The van der Waals surface area contributed by atoms with E-state index in [1.54, 1.807) is 36.4 Å². The van der Waals surface area contributed by atoms with Gasteiger partial charge in [0.05, 0.1) is 17.7 Å². The fraction of sp³-hybridized carbons (Fsp3) is 0.263. The maximum absolute atomic E-state index is 12.9. The minimum atomic E-state index is -0.341. The molecule has 0 bridgehead atoms. The van der Waals surface area contributed by atoms with E-state index in [1.165, 1.54) is 12.1 Å². The van der Waals surface area contributed by atoms with Gasteiger partial charge in [-0.15, -0.1) is 0 Å². The molecular weight excluding hydrogens is 307 g/mol. The number of rotatable bonds is 6. The molecule has 2 aromatic rings. The first-order chi connectivity index (χ1) is 11.5. The van der Waals surface area contributed by atoms with Gasteiger partial charge < -0.3 is 10.6 Å². The fourth-order valence-electron chi connectivity index (χ4n) is 2.18. The Bertz CT molecular complexity index is 714. The summed E-state index contributed by atoms with van der Waals surface area (Å²) in [6.45, 7) is 3.91. The molecule has 5 heteroatoms. The van der Waals surface area contributed by atoms with Gasteiger partial charge in [0.2, 0.25) is 5.91 Å². The Balaban J connectivity index is 2.07. The van der Waals surface area contributed by atoms with Gasteiger partial charge in [-0.2, -0.15) is 0 Å². The Morgan fingerprint density at radius 2 is 1.75 bits per heavy atom. The third-order valence-electron chi connectivity index (χ3n) is 3.71. The molecule has 0 saturated heterocycles. The first kappa shape index (κ1) is 17.7. The van der Waals surface area contributed by atoms with E-state index in [-0.39, 0.29) is 30.1 Å². The second-order valence-corrected chi connectivity index (χ2v) is 5.68. The zero-order chi connectivity index (χ0) is 17.5. The molecule has 24 heavy (non-hydrogen) atoms. The van der Waals surface area contributed by atoms with Crippen LogP contribution in [0.2, 0.25) is 0 Å². The number of benzene rings is 2. The van der Waals surface area contributed by atoms with Gasteiger partial charge in [-0.3, -0.25) is 9.59 Å². The number of nitrogens with one attached hydrogen (secondary N) is 2. The Kier molecular flexibility index (Phi) is 6.07. The Labute approximate surface area is 141 Å². The molecule has 2 amide bonds. The predicted molar refractivity (Wildman–Crippen MR) is 92.4 cm³/mol. The van der Waals surface area contributed by atoms with Crippen LogP contribution < -0.4 is 10.6 Å². The number of amides is 2. The van der Waals surface area contributed by atoms with E-state index >= 15 is 0 Å². The van der Waals surface area contributed by atoms with Crippen molar-refractivity contribution in [3.63, 3.8) is 0 Å². The molecule has 2 rings (SSSR count). The number of anilines is 1. The number of carbonyl (C=O) groups excluding carboxylic acids is 2. The van der Waals surface area contributed by atoms with Crippen LogP contribution in [0.25, 0.3) is 0 Å². The zero-order valence-electron chi connectivity index (χ0n) is 13.8. The minimum absolute atomic E-state index is 0.0560. The zero-order valence-corrected chi connectivity index (χ0v) is 13.8. The summed E-state index contributed by atoms with van der Waals surface area (Å²) in [5.41, 5.74) is 1.59. The van der Waals surface area contributed by atoms with Crippen LogP contribution in [-0.2, 0) is 11.2 Å². The lowest BCUT2D eigenvalue weighted by Gasteiger charge is -2.14. The van der Waals surface area contributed by atoms with Crippen LogP contribution in [0.1, 0.15) is 36.2 Å². The van der Waals surface area contributed by atoms with Crippen molar-refractivity contribution in [3.05, 3.63) is 65.5 Å². The van der Waals surface area contributed by atoms with Crippen molar-refractivity contribution < 1.29 is 14.0 Å². The largest absolute Gasteiger partial charge is 0.350 e. The lowest BCUT2D eigenvalue weighted by molar-refractivity contribution is -0.115. The van der Waals surface area contributed by atoms with Gasteiger partial charge in [-0.1, -0.05) is 31.2 Å². The second kappa shape index (κ2) is 8.24. The molecule has 1 atom stereocenters. The van der Waals surface area contributed by atoms with Crippen LogP contribution in [0.15, 0.2) is 48.5 Å². The highest BCUT2D eigenvalue weighted by Crippen LogP contribution is 2.16. The van der Waals surface area contributed by atoms with E-state index in [9.17, 15) is 14.0 Å². The van der Waals surface area contributed by atoms with Gasteiger partial charge in [0.15, 0.2) is 0 Å². The highest BCUT2D eigenvalue weighted by molar-refractivity contribution is 6.04. The normalized spacial score (nSPS) is 11.6. The minimum Gasteiger partial charge on any atom is -0.350 e. The van der Waals surface area contributed by atoms with E-state index in [0.29, 0.717) is 16.8 Å². The predicted octanol–water partition coefficient (Wildman–Crippen LogP) is 3.54. The number of carbonyl (C=O) groups is 2. The summed E-state index contributed by atoms with van der Waals surface area (Å²) in [5, 5.41) is 5.64. The smallest absolute Gasteiger partial charge is 0.253 e. The molecule has 0 saturated carbocycles. The van der Waals surface area contributed by atoms with E-state index in [0.717, 1.165) is 6.42 Å². The molecular formula is C19H21FN2O2. The van der Waals surface area contributed by atoms with Gasteiger partial charge in [0, 0.05) is 6.04 Å². The molecule has 0 aliphatic heterocycles. The number of hydrogen-bond donors (Lipinski definition) is 2. The molecule has 4 nitrogen and oxygen atoms in total. The molecule has 0 aromatic heterocycles. The van der Waals surface area contributed by atoms with Gasteiger partial charge in [0.25, 0.3) is 5.91 Å². The molecule has 1 unspecified atom stereocenters. The Morgan fingerprint density at radius 1 is 1.08 bits per heavy atom. The van der Waals surface area contributed by atoms with Crippen molar-refractivity contribution in [2.45, 2.75) is 32.7 Å². The van der Waals surface area contributed by atoms with Crippen molar-refractivity contribution in [1.82, 2.24) is 5.32 Å². The van der Waals surface area contributed by atoms with Gasteiger partial charge >= 0.3 is 0 Å². The Hall–Kier alpha value is -2.69. The number of hydrogen-bond acceptors (Lipinski definition) is 2. The average molecular weight is 328 g/mol. The van der Waals surface area contributed by atoms with Crippen LogP contribution >= 0.6 is 0 Å². The summed E-state index contributed by atoms with van der Waals surface area (Å²) in [6, 6.07) is 12.7. The number of para-hydroxylation sites is 1. The SMILES string of the molecule is CCC(C)NC(=O)c1ccccc1NC(=O)Cc1ccc(F)cc1. The first-order valence-electron chi connectivity index (χ1n) is 7.93. The lowest BCUT2D eigenvalue weighted by atomic mass is 10.1. The highest BCUT2D eigenvalue weighted by Gasteiger charge is 2.14. The van der Waals surface area contributed by atoms with E-state index < -0.39 is 0 Å². The molecule has 2 N–H and O–H groups in total. The molecule has 2 aromatic carbocycles. The van der Waals surface area contributed by atoms with Crippen LogP contribution in [-0.4, -0.2) is 17.9 Å². The maximum Gasteiger partial charge on any atom is 0.253 e. The second-order valence-electron chi connectivity index (χ2n) is 5.68. The summed E-state index contributed by atoms with van der Waals surface area (Å²) < 4.78 is 12.9. The maximum atomic E-state index is 12.9. The monoisotopic (exact) mass is 328 g/mol. The van der Waals surface area contributed by atoms with Crippen LogP contribution in [0.4, 0.5) is 10.1 Å². The van der Waals surface area contributed by atoms with Crippen LogP contribution in [0.5, 0.6) is 0 Å². The van der Waals surface area contributed by atoms with E-state index in [4.69, 9.17) is 0 Å². The third-order valence-corrected chi connectivity index (χ3v) is 3.71. The molecule has 0 radical (unpaired) electrons. The molecule has 0 aliphatic rings. The standard InChI is InChI=1S/C19H21FN2O2/c1-3-13(2)21-19(24)16-6-4-5-7-17(16)22-18(23)12-14-8-10-15(20)11-9-14/h4-11,13H,3,12H2,1-2H3,(H,21,24)(H,22,23). The van der Waals surface area contributed by atoms with Crippen molar-refractivity contribution in [2.24, 2.45) is 0 Å². The quantitative estimate of drug-likeness (QED) is 0.852. The summed E-state index contributed by atoms with van der Waals surface area (Å²) in [5.74, 6) is -0.821.